The highest BCUT2D eigenvalue weighted by Gasteiger charge is 2.14. The molecule has 0 aliphatic carbocycles. The average Bonchev–Trinajstić information content (AvgIpc) is 2.20. The molecule has 0 saturated carbocycles. The Morgan fingerprint density at radius 2 is 2.00 bits per heavy atom. The number of hydrogen-bond acceptors (Lipinski definition) is 6. The van der Waals surface area contributed by atoms with Crippen molar-refractivity contribution in [3.05, 3.63) is 0 Å². The fourth-order valence-corrected chi connectivity index (χ4v) is 1.71. The van der Waals surface area contributed by atoms with Gasteiger partial charge in [0.2, 0.25) is 0 Å². The first-order valence-corrected chi connectivity index (χ1v) is 7.02. The predicted molar refractivity (Wildman–Crippen MR) is 61.8 cm³/mol. The molecule has 0 aliphatic heterocycles. The molecule has 0 fully saturated rings. The van der Waals surface area contributed by atoms with Crippen LogP contribution in [0.15, 0.2) is 0 Å². The minimum absolute atomic E-state index is 0.108. The van der Waals surface area contributed by atoms with E-state index in [1.165, 1.54) is 13.4 Å². The molecule has 16 heavy (non-hydrogen) atoms. The van der Waals surface area contributed by atoms with Crippen molar-refractivity contribution in [1.29, 1.82) is 0 Å². The Kier molecular flexibility index (Phi) is 6.54. The molecule has 0 spiro atoms. The van der Waals surface area contributed by atoms with Crippen LogP contribution in [-0.4, -0.2) is 64.6 Å². The topological polar surface area (TPSA) is 89.7 Å². The van der Waals surface area contributed by atoms with E-state index in [2.05, 4.69) is 4.74 Å². The van der Waals surface area contributed by atoms with Gasteiger partial charge in [0.25, 0.3) is 0 Å². The van der Waals surface area contributed by atoms with E-state index in [9.17, 15) is 13.2 Å². The van der Waals surface area contributed by atoms with Crippen molar-refractivity contribution in [3.8, 4) is 0 Å². The summed E-state index contributed by atoms with van der Waals surface area (Å²) in [5.41, 5.74) is 5.54. The van der Waals surface area contributed by atoms with Gasteiger partial charge in [0.05, 0.1) is 12.9 Å². The van der Waals surface area contributed by atoms with E-state index in [1.54, 1.807) is 7.05 Å². The Morgan fingerprint density at radius 1 is 1.44 bits per heavy atom. The Balaban J connectivity index is 3.81. The van der Waals surface area contributed by atoms with E-state index in [1.807, 2.05) is 4.90 Å². The number of nitrogens with zero attached hydrogens (tertiary/aromatic N) is 1. The standard InChI is InChI=1S/C9H20N2O4S/c1-11(6-7-16(3,13)14)5-4-8(10)9(12)15-2/h8H,4-7,10H2,1-3H3. The molecule has 0 aliphatic rings. The highest BCUT2D eigenvalue weighted by molar-refractivity contribution is 7.90. The monoisotopic (exact) mass is 252 g/mol. The van der Waals surface area contributed by atoms with Crippen molar-refractivity contribution < 1.29 is 17.9 Å². The third-order valence-corrected chi connectivity index (χ3v) is 3.09. The summed E-state index contributed by atoms with van der Waals surface area (Å²) >= 11 is 0. The van der Waals surface area contributed by atoms with E-state index in [0.29, 0.717) is 19.5 Å². The average molecular weight is 252 g/mol. The van der Waals surface area contributed by atoms with Gasteiger partial charge in [-0.25, -0.2) is 8.42 Å². The molecule has 0 aromatic heterocycles. The van der Waals surface area contributed by atoms with Gasteiger partial charge in [-0.1, -0.05) is 0 Å². The van der Waals surface area contributed by atoms with E-state index >= 15 is 0 Å². The molecule has 6 nitrogen and oxygen atoms in total. The summed E-state index contributed by atoms with van der Waals surface area (Å²) in [7, 11) is 0.131. The van der Waals surface area contributed by atoms with Crippen LogP contribution < -0.4 is 5.73 Å². The summed E-state index contributed by atoms with van der Waals surface area (Å²) in [6, 6.07) is -0.648. The smallest absolute Gasteiger partial charge is 0.322 e. The fraction of sp³-hybridized carbons (Fsp3) is 0.889. The molecular weight excluding hydrogens is 232 g/mol. The maximum Gasteiger partial charge on any atom is 0.322 e. The number of esters is 1. The van der Waals surface area contributed by atoms with Gasteiger partial charge >= 0.3 is 5.97 Å². The zero-order valence-electron chi connectivity index (χ0n) is 9.97. The number of sulfone groups is 1. The molecule has 0 radical (unpaired) electrons. The number of methoxy groups -OCH3 is 1. The quantitative estimate of drug-likeness (QED) is 0.576. The van der Waals surface area contributed by atoms with Gasteiger partial charge < -0.3 is 15.4 Å². The first-order valence-electron chi connectivity index (χ1n) is 4.96. The normalized spacial score (nSPS) is 13.8. The number of hydrogen-bond donors (Lipinski definition) is 1. The second kappa shape index (κ2) is 6.82. The lowest BCUT2D eigenvalue weighted by Gasteiger charge is -2.17. The van der Waals surface area contributed by atoms with Crippen LogP contribution in [-0.2, 0) is 19.4 Å². The first kappa shape index (κ1) is 15.3. The summed E-state index contributed by atoms with van der Waals surface area (Å²) in [4.78, 5) is 12.8. The molecule has 0 bridgehead atoms. The molecule has 7 heteroatoms. The van der Waals surface area contributed by atoms with Gasteiger partial charge in [-0.15, -0.1) is 0 Å². The molecule has 2 N–H and O–H groups in total. The van der Waals surface area contributed by atoms with Gasteiger partial charge in [0, 0.05) is 12.8 Å². The molecule has 96 valence electrons. The van der Waals surface area contributed by atoms with Crippen LogP contribution in [0.4, 0.5) is 0 Å². The molecule has 1 unspecified atom stereocenters. The maximum absolute atomic E-state index is 11.0. The van der Waals surface area contributed by atoms with Crippen molar-refractivity contribution in [2.45, 2.75) is 12.5 Å². The van der Waals surface area contributed by atoms with Crippen molar-refractivity contribution in [1.82, 2.24) is 4.90 Å². The third kappa shape index (κ3) is 7.61. The third-order valence-electron chi connectivity index (χ3n) is 2.17. The summed E-state index contributed by atoms with van der Waals surface area (Å²) in [5.74, 6) is -0.340. The van der Waals surface area contributed by atoms with Crippen molar-refractivity contribution >= 4 is 15.8 Å². The summed E-state index contributed by atoms with van der Waals surface area (Å²) < 4.78 is 26.3. The van der Waals surface area contributed by atoms with Crippen LogP contribution in [0.25, 0.3) is 0 Å². The van der Waals surface area contributed by atoms with Gasteiger partial charge in [0.15, 0.2) is 0 Å². The maximum atomic E-state index is 11.0. The Labute approximate surface area is 96.7 Å². The van der Waals surface area contributed by atoms with Gasteiger partial charge in [-0.05, 0) is 20.0 Å². The number of nitrogens with two attached hydrogens (primary N) is 1. The van der Waals surface area contributed by atoms with Crippen molar-refractivity contribution in [2.24, 2.45) is 5.73 Å². The van der Waals surface area contributed by atoms with Gasteiger partial charge in [0.1, 0.15) is 15.9 Å². The SMILES string of the molecule is COC(=O)C(N)CCN(C)CCS(C)(=O)=O. The highest BCUT2D eigenvalue weighted by Crippen LogP contribution is 1.95. The lowest BCUT2D eigenvalue weighted by Crippen LogP contribution is -2.36. The minimum atomic E-state index is -2.94. The zero-order chi connectivity index (χ0) is 12.8. The minimum Gasteiger partial charge on any atom is -0.468 e. The van der Waals surface area contributed by atoms with Gasteiger partial charge in [-0.3, -0.25) is 4.79 Å². The summed E-state index contributed by atoms with van der Waals surface area (Å²) in [6.45, 7) is 0.999. The second-order valence-corrected chi connectivity index (χ2v) is 6.11. The largest absolute Gasteiger partial charge is 0.468 e. The molecule has 0 heterocycles. The first-order chi connectivity index (χ1) is 7.26. The van der Waals surface area contributed by atoms with E-state index < -0.39 is 21.8 Å². The number of carbonyl (C=O) groups excluding carboxylic acids is 1. The molecule has 0 rings (SSSR count). The molecule has 0 aromatic carbocycles. The highest BCUT2D eigenvalue weighted by atomic mass is 32.2. The predicted octanol–water partition coefficient (Wildman–Crippen LogP) is -1.15. The zero-order valence-corrected chi connectivity index (χ0v) is 10.8. The van der Waals surface area contributed by atoms with Crippen LogP contribution in [0.3, 0.4) is 0 Å². The lowest BCUT2D eigenvalue weighted by atomic mass is 10.2. The summed E-state index contributed by atoms with van der Waals surface area (Å²) in [5, 5.41) is 0. The van der Waals surface area contributed by atoms with E-state index in [-0.39, 0.29) is 5.75 Å². The molecule has 0 aromatic rings. The number of carbonyl (C=O) groups is 1. The Bertz CT molecular complexity index is 315. The van der Waals surface area contributed by atoms with Crippen LogP contribution in [0.5, 0.6) is 0 Å². The summed E-state index contributed by atoms with van der Waals surface area (Å²) in [6.07, 6.45) is 1.65. The molecular formula is C9H20N2O4S. The molecule has 1 atom stereocenters. The van der Waals surface area contributed by atoms with Gasteiger partial charge in [-0.2, -0.15) is 0 Å². The van der Waals surface area contributed by atoms with Crippen LogP contribution in [0.2, 0.25) is 0 Å². The fourth-order valence-electron chi connectivity index (χ4n) is 1.06. The second-order valence-electron chi connectivity index (χ2n) is 3.85. The number of ether oxygens (including phenoxy) is 1. The molecule has 0 saturated heterocycles. The van der Waals surface area contributed by atoms with Crippen LogP contribution in [0.1, 0.15) is 6.42 Å². The Hall–Kier alpha value is -0.660. The van der Waals surface area contributed by atoms with Crippen LogP contribution in [0, 0.1) is 0 Å². The number of rotatable bonds is 7. The molecule has 0 amide bonds. The van der Waals surface area contributed by atoms with E-state index in [0.717, 1.165) is 0 Å². The van der Waals surface area contributed by atoms with Crippen LogP contribution >= 0.6 is 0 Å². The van der Waals surface area contributed by atoms with Crippen molar-refractivity contribution in [3.63, 3.8) is 0 Å². The lowest BCUT2D eigenvalue weighted by molar-refractivity contribution is -0.142. The van der Waals surface area contributed by atoms with Crippen molar-refractivity contribution in [2.75, 3.05) is 39.3 Å². The van der Waals surface area contributed by atoms with E-state index in [4.69, 9.17) is 5.73 Å². The Morgan fingerprint density at radius 3 is 2.44 bits per heavy atom.